The number of aromatic nitrogens is 3. The summed E-state index contributed by atoms with van der Waals surface area (Å²) in [5, 5.41) is 12.3. The van der Waals surface area contributed by atoms with Crippen LogP contribution in [0.25, 0.3) is 38.8 Å². The van der Waals surface area contributed by atoms with Gasteiger partial charge in [0, 0.05) is 31.1 Å². The molecule has 0 aliphatic carbocycles. The second-order valence-electron chi connectivity index (χ2n) is 10.4. The molecule has 1 aliphatic heterocycles. The first kappa shape index (κ1) is 27.1. The quantitative estimate of drug-likeness (QED) is 0.304. The molecular formula is C32H27F2N5O3. The van der Waals surface area contributed by atoms with Gasteiger partial charge >= 0.3 is 5.69 Å². The van der Waals surface area contributed by atoms with Crippen LogP contribution in [0.1, 0.15) is 12.5 Å². The summed E-state index contributed by atoms with van der Waals surface area (Å²) >= 11 is 0. The number of phenolic OH excluding ortho intramolecular Hbond substituents is 1. The smallest absolute Gasteiger partial charge is 0.355 e. The molecule has 1 atom stereocenters. The molecule has 212 valence electrons. The Morgan fingerprint density at radius 3 is 2.55 bits per heavy atom. The number of fused-ring (bicyclic) bond motifs is 2. The molecule has 1 saturated heterocycles. The number of halogens is 2. The summed E-state index contributed by atoms with van der Waals surface area (Å²) in [5.41, 5.74) is -0.182. The Labute approximate surface area is 239 Å². The van der Waals surface area contributed by atoms with E-state index in [9.17, 15) is 19.1 Å². The average molecular weight is 568 g/mol. The molecule has 6 rings (SSSR count). The number of phenols is 1. The maximum absolute atomic E-state index is 15.9. The van der Waals surface area contributed by atoms with Gasteiger partial charge in [0.15, 0.2) is 11.5 Å². The third-order valence-electron chi connectivity index (χ3n) is 7.74. The van der Waals surface area contributed by atoms with Crippen molar-refractivity contribution >= 4 is 33.5 Å². The highest BCUT2D eigenvalue weighted by Crippen LogP contribution is 2.37. The number of aromatic hydroxyl groups is 1. The predicted octanol–water partition coefficient (Wildman–Crippen LogP) is 5.12. The molecule has 3 aromatic carbocycles. The summed E-state index contributed by atoms with van der Waals surface area (Å²) in [6, 6.07) is 15.9. The highest BCUT2D eigenvalue weighted by Gasteiger charge is 2.30. The zero-order chi connectivity index (χ0) is 29.7. The number of amides is 1. The average Bonchev–Trinajstić information content (AvgIpc) is 2.97. The third kappa shape index (κ3) is 4.36. The molecule has 0 unspecified atom stereocenters. The molecule has 42 heavy (non-hydrogen) atoms. The van der Waals surface area contributed by atoms with Crippen molar-refractivity contribution in [2.45, 2.75) is 19.9 Å². The van der Waals surface area contributed by atoms with E-state index in [1.807, 2.05) is 55.1 Å². The summed E-state index contributed by atoms with van der Waals surface area (Å²) < 4.78 is 32.1. The number of anilines is 1. The number of hydrogen-bond acceptors (Lipinski definition) is 6. The van der Waals surface area contributed by atoms with Gasteiger partial charge in [-0.2, -0.15) is 4.98 Å². The second-order valence-corrected chi connectivity index (χ2v) is 10.4. The van der Waals surface area contributed by atoms with E-state index >= 15 is 4.39 Å². The van der Waals surface area contributed by atoms with E-state index in [1.54, 1.807) is 4.90 Å². The van der Waals surface area contributed by atoms with Gasteiger partial charge in [-0.1, -0.05) is 49.0 Å². The number of pyridine rings is 1. The fourth-order valence-electron chi connectivity index (χ4n) is 5.71. The SMILES string of the molecule is C=CC(=O)N1CCN(c2nc(=O)n(-c3c(C)ccc4ccccc34)c3nc(-c4c(O)cccc4F)c(F)cc23)[C@@H](C)C1. The fourth-order valence-corrected chi connectivity index (χ4v) is 5.71. The molecule has 1 N–H and O–H groups in total. The van der Waals surface area contributed by atoms with Crippen LogP contribution in [0.2, 0.25) is 0 Å². The number of rotatable bonds is 4. The van der Waals surface area contributed by atoms with Crippen LogP contribution in [0, 0.1) is 18.6 Å². The standard InChI is InChI=1S/C32H27F2N5O3/c1-4-26(41)37-14-15-38(19(3)17-37)30-22-16-24(34)28(27-23(33)10-7-11-25(27)40)35-31(22)39(32(42)36-30)29-18(2)12-13-20-8-5-6-9-21(20)29/h4-13,16,19,40H,1,14-15,17H2,2-3H3/t19-/m0/s1. The van der Waals surface area contributed by atoms with Gasteiger partial charge < -0.3 is 14.9 Å². The summed E-state index contributed by atoms with van der Waals surface area (Å²) in [6.07, 6.45) is 1.25. The Kier molecular flexibility index (Phi) is 6.68. The lowest BCUT2D eigenvalue weighted by Gasteiger charge is -2.40. The van der Waals surface area contributed by atoms with E-state index in [1.165, 1.54) is 28.8 Å². The Morgan fingerprint density at radius 1 is 1.02 bits per heavy atom. The molecule has 8 nitrogen and oxygen atoms in total. The zero-order valence-electron chi connectivity index (χ0n) is 23.0. The van der Waals surface area contributed by atoms with Crippen LogP contribution >= 0.6 is 0 Å². The van der Waals surface area contributed by atoms with Gasteiger partial charge in [-0.15, -0.1) is 0 Å². The molecule has 3 heterocycles. The van der Waals surface area contributed by atoms with Crippen LogP contribution in [0.5, 0.6) is 5.75 Å². The molecule has 5 aromatic rings. The number of benzene rings is 3. The van der Waals surface area contributed by atoms with E-state index in [0.717, 1.165) is 22.4 Å². The van der Waals surface area contributed by atoms with Crippen LogP contribution in [-0.4, -0.2) is 56.1 Å². The molecule has 1 amide bonds. The summed E-state index contributed by atoms with van der Waals surface area (Å²) in [7, 11) is 0. The summed E-state index contributed by atoms with van der Waals surface area (Å²) in [5.74, 6) is -2.23. The van der Waals surface area contributed by atoms with E-state index in [0.29, 0.717) is 25.3 Å². The van der Waals surface area contributed by atoms with Crippen LogP contribution < -0.4 is 10.6 Å². The van der Waals surface area contributed by atoms with Crippen molar-refractivity contribution in [3.05, 3.63) is 101 Å². The predicted molar refractivity (Wildman–Crippen MR) is 158 cm³/mol. The molecule has 0 bridgehead atoms. The molecule has 1 aliphatic rings. The van der Waals surface area contributed by atoms with Crippen molar-refractivity contribution in [3.63, 3.8) is 0 Å². The minimum absolute atomic E-state index is 0.0558. The van der Waals surface area contributed by atoms with Gasteiger partial charge in [0.25, 0.3) is 0 Å². The maximum atomic E-state index is 15.9. The van der Waals surface area contributed by atoms with Gasteiger partial charge in [0.2, 0.25) is 5.91 Å². The molecule has 10 heteroatoms. The number of carbonyl (C=O) groups is 1. The molecule has 0 radical (unpaired) electrons. The number of nitrogens with zero attached hydrogens (tertiary/aromatic N) is 5. The van der Waals surface area contributed by atoms with E-state index < -0.39 is 34.3 Å². The highest BCUT2D eigenvalue weighted by molar-refractivity contribution is 5.96. The Morgan fingerprint density at radius 2 is 1.81 bits per heavy atom. The second kappa shape index (κ2) is 10.4. The maximum Gasteiger partial charge on any atom is 0.355 e. The number of aryl methyl sites for hydroxylation is 1. The number of carbonyl (C=O) groups excluding carboxylic acids is 1. The Balaban J connectivity index is 1.67. The third-order valence-corrected chi connectivity index (χ3v) is 7.74. The van der Waals surface area contributed by atoms with Crippen LogP contribution in [-0.2, 0) is 4.79 Å². The fraction of sp³-hybridized carbons (Fsp3) is 0.188. The van der Waals surface area contributed by atoms with Crippen molar-refractivity contribution in [2.75, 3.05) is 24.5 Å². The van der Waals surface area contributed by atoms with Crippen molar-refractivity contribution in [1.82, 2.24) is 19.4 Å². The highest BCUT2D eigenvalue weighted by atomic mass is 19.1. The van der Waals surface area contributed by atoms with Crippen LogP contribution in [0.15, 0.2) is 78.1 Å². The van der Waals surface area contributed by atoms with Crippen molar-refractivity contribution in [3.8, 4) is 22.7 Å². The first-order chi connectivity index (χ1) is 20.2. The van der Waals surface area contributed by atoms with Crippen molar-refractivity contribution < 1.29 is 18.7 Å². The Bertz CT molecular complexity index is 1950. The summed E-state index contributed by atoms with van der Waals surface area (Å²) in [6.45, 7) is 8.31. The monoisotopic (exact) mass is 567 g/mol. The first-order valence-electron chi connectivity index (χ1n) is 13.5. The molecule has 2 aromatic heterocycles. The van der Waals surface area contributed by atoms with Crippen molar-refractivity contribution in [1.29, 1.82) is 0 Å². The minimum atomic E-state index is -0.890. The number of hydrogen-bond donors (Lipinski definition) is 1. The van der Waals surface area contributed by atoms with Crippen LogP contribution in [0.3, 0.4) is 0 Å². The Hall–Kier alpha value is -5.12. The van der Waals surface area contributed by atoms with Gasteiger partial charge in [-0.05, 0) is 49.1 Å². The topological polar surface area (TPSA) is 91.6 Å². The van der Waals surface area contributed by atoms with Gasteiger partial charge in [0.1, 0.15) is 23.1 Å². The van der Waals surface area contributed by atoms with Gasteiger partial charge in [-0.3, -0.25) is 4.79 Å². The number of piperazine rings is 1. The van der Waals surface area contributed by atoms with Crippen molar-refractivity contribution in [2.24, 2.45) is 0 Å². The molecule has 0 spiro atoms. The minimum Gasteiger partial charge on any atom is -0.507 e. The van der Waals surface area contributed by atoms with Gasteiger partial charge in [0.05, 0.1) is 16.6 Å². The van der Waals surface area contributed by atoms with E-state index in [4.69, 9.17) is 0 Å². The molecule has 0 saturated carbocycles. The molecular weight excluding hydrogens is 540 g/mol. The van der Waals surface area contributed by atoms with Crippen LogP contribution in [0.4, 0.5) is 14.6 Å². The zero-order valence-corrected chi connectivity index (χ0v) is 23.0. The first-order valence-corrected chi connectivity index (χ1v) is 13.5. The van der Waals surface area contributed by atoms with Gasteiger partial charge in [-0.25, -0.2) is 23.1 Å². The molecule has 1 fully saturated rings. The lowest BCUT2D eigenvalue weighted by Crippen LogP contribution is -2.54. The lowest BCUT2D eigenvalue weighted by atomic mass is 10.0. The van der Waals surface area contributed by atoms with E-state index in [2.05, 4.69) is 16.5 Å². The largest absolute Gasteiger partial charge is 0.507 e. The lowest BCUT2D eigenvalue weighted by molar-refractivity contribution is -0.126. The summed E-state index contributed by atoms with van der Waals surface area (Å²) in [4.78, 5) is 38.7. The normalized spacial score (nSPS) is 15.4. The van der Waals surface area contributed by atoms with E-state index in [-0.39, 0.29) is 28.8 Å².